The first-order valence-corrected chi connectivity index (χ1v) is 25.4. The summed E-state index contributed by atoms with van der Waals surface area (Å²) in [6.07, 6.45) is 10.0. The van der Waals surface area contributed by atoms with Gasteiger partial charge in [-0.3, -0.25) is 33.9 Å². The molecule has 3 aromatic carbocycles. The van der Waals surface area contributed by atoms with Crippen molar-refractivity contribution in [3.63, 3.8) is 0 Å². The molecular weight excluding hydrogens is 907 g/mol. The number of thioether (sulfide) groups is 1. The number of hydrogen-bond acceptors (Lipinski definition) is 10. The van der Waals surface area contributed by atoms with Crippen molar-refractivity contribution in [1.82, 2.24) is 14.7 Å². The van der Waals surface area contributed by atoms with Crippen LogP contribution in [0, 0.1) is 5.92 Å². The third kappa shape index (κ3) is 16.7. The van der Waals surface area contributed by atoms with Gasteiger partial charge in [0.05, 0.1) is 75.1 Å². The van der Waals surface area contributed by atoms with Crippen molar-refractivity contribution in [3.05, 3.63) is 114 Å². The molecule has 70 heavy (non-hydrogen) atoms. The lowest BCUT2D eigenvalue weighted by Gasteiger charge is -2.37. The van der Waals surface area contributed by atoms with Gasteiger partial charge in [0.25, 0.3) is 0 Å². The highest BCUT2D eigenvalue weighted by Crippen LogP contribution is 2.45. The lowest BCUT2D eigenvalue weighted by molar-refractivity contribution is -0.892. The molecule has 0 bridgehead atoms. The summed E-state index contributed by atoms with van der Waals surface area (Å²) in [5.41, 5.74) is 5.29. The van der Waals surface area contributed by atoms with E-state index in [2.05, 4.69) is 109 Å². The maximum atomic E-state index is 13.1. The third-order valence-corrected chi connectivity index (χ3v) is 14.7. The van der Waals surface area contributed by atoms with E-state index in [0.29, 0.717) is 64.1 Å². The van der Waals surface area contributed by atoms with Crippen molar-refractivity contribution in [1.29, 1.82) is 0 Å². The second kappa shape index (κ2) is 25.9. The largest absolute Gasteiger partial charge is 0.512 e. The van der Waals surface area contributed by atoms with Crippen LogP contribution < -0.4 is 14.8 Å². The van der Waals surface area contributed by atoms with Crippen LogP contribution in [0.15, 0.2) is 107 Å². The number of amides is 1. The van der Waals surface area contributed by atoms with Gasteiger partial charge in [0.1, 0.15) is 0 Å². The zero-order valence-corrected chi connectivity index (χ0v) is 42.0. The molecule has 2 atom stereocenters. The fourth-order valence-corrected chi connectivity index (χ4v) is 10.8. The number of quaternary nitrogens is 1. The molecule has 6 rings (SSSR count). The number of nitrogens with zero attached hydrogens (tertiary/aromatic N) is 6. The average molecular weight is 980 g/mol. The van der Waals surface area contributed by atoms with Gasteiger partial charge in [-0.1, -0.05) is 54.7 Å². The molecule has 1 amide bonds. The Balaban J connectivity index is 0.972. The Morgan fingerprint density at radius 3 is 2.19 bits per heavy atom. The number of para-hydroxylation sites is 2. The maximum Gasteiger partial charge on any atom is 0.317 e. The van der Waals surface area contributed by atoms with Crippen molar-refractivity contribution in [2.45, 2.75) is 75.3 Å². The van der Waals surface area contributed by atoms with Crippen LogP contribution >= 0.6 is 11.8 Å². The number of nitrogens with one attached hydrogen (secondary N) is 1. The number of benzene rings is 3. The number of pyridine rings is 1. The minimum atomic E-state index is -1.00. The Morgan fingerprint density at radius 1 is 0.786 bits per heavy atom. The lowest BCUT2D eigenvalue weighted by Crippen LogP contribution is -2.50. The number of carboxylic acid groups (broad SMARTS) is 3. The van der Waals surface area contributed by atoms with Gasteiger partial charge in [-0.05, 0) is 105 Å². The number of carbonyl (C=O) groups excluding carboxylic acids is 1. The van der Waals surface area contributed by atoms with Gasteiger partial charge >= 0.3 is 17.9 Å². The topological polar surface area (TPSA) is 178 Å². The van der Waals surface area contributed by atoms with Crippen LogP contribution in [0.25, 0.3) is 17.0 Å². The number of carboxylic acids is 3. The second-order valence-electron chi connectivity index (χ2n) is 19.6. The van der Waals surface area contributed by atoms with E-state index in [0.717, 1.165) is 55.4 Å². The lowest BCUT2D eigenvalue weighted by atomic mass is 9.96. The number of hydrogen-bond donors (Lipinski definition) is 5. The molecule has 4 aromatic rings. The fraction of sp³-hybridized carbons (Fsp3) is 0.463. The van der Waals surface area contributed by atoms with Crippen molar-refractivity contribution in [2.75, 3.05) is 96.8 Å². The van der Waals surface area contributed by atoms with Crippen molar-refractivity contribution in [3.8, 4) is 0 Å². The predicted octanol–water partition coefficient (Wildman–Crippen LogP) is 7.28. The normalized spacial score (nSPS) is 18.3. The molecule has 2 aliphatic heterocycles. The first-order chi connectivity index (χ1) is 33.5. The Hall–Kier alpha value is -5.78. The average Bonchev–Trinajstić information content (AvgIpc) is 3.62. The molecular formula is C54H73N7O8S+2. The summed E-state index contributed by atoms with van der Waals surface area (Å²) in [6, 6.07) is 26.7. The number of anilines is 2. The number of rotatable bonds is 22. The van der Waals surface area contributed by atoms with Gasteiger partial charge in [-0.15, -0.1) is 0 Å². The summed E-state index contributed by atoms with van der Waals surface area (Å²) >= 11 is 1.81. The van der Waals surface area contributed by atoms with Gasteiger partial charge in [0.2, 0.25) is 11.4 Å². The van der Waals surface area contributed by atoms with Crippen LogP contribution in [0.5, 0.6) is 0 Å². The molecule has 376 valence electrons. The van der Waals surface area contributed by atoms with E-state index in [1.54, 1.807) is 4.90 Å². The minimum Gasteiger partial charge on any atom is -0.512 e. The van der Waals surface area contributed by atoms with E-state index in [9.17, 15) is 39.6 Å². The fourth-order valence-electron chi connectivity index (χ4n) is 9.73. The van der Waals surface area contributed by atoms with E-state index in [1.165, 1.54) is 32.1 Å². The maximum absolute atomic E-state index is 13.1. The van der Waals surface area contributed by atoms with Crippen molar-refractivity contribution >= 4 is 63.9 Å². The summed E-state index contributed by atoms with van der Waals surface area (Å²) in [6.45, 7) is 8.11. The Kier molecular flexibility index (Phi) is 19.8. The SMILES string of the molecule is C=C(O)CN1CCN(CC(=O)O)CCC(CC(=O)O)CCN(CC(=O)O)CC1Cc1ccc(NC(=O)CCCCC[N+](C)(C)CCC[n+]2ccc(/C=C3\Sc4ccccc4N3C)c3ccccc32)cc1. The summed E-state index contributed by atoms with van der Waals surface area (Å²) in [5.74, 6) is -3.31. The smallest absolute Gasteiger partial charge is 0.317 e. The molecule has 0 spiro atoms. The number of carbonyl (C=O) groups is 4. The molecule has 1 fully saturated rings. The molecule has 15 nitrogen and oxygen atoms in total. The molecule has 0 aliphatic carbocycles. The third-order valence-electron chi connectivity index (χ3n) is 13.5. The van der Waals surface area contributed by atoms with Crippen LogP contribution in [0.2, 0.25) is 0 Å². The molecule has 1 aromatic heterocycles. The molecule has 0 saturated carbocycles. The highest BCUT2D eigenvalue weighted by atomic mass is 32.2. The van der Waals surface area contributed by atoms with E-state index in [-0.39, 0.29) is 49.7 Å². The number of aliphatic hydroxyl groups excluding tert-OH is 1. The van der Waals surface area contributed by atoms with Crippen LogP contribution in [0.4, 0.5) is 11.4 Å². The first-order valence-electron chi connectivity index (χ1n) is 24.6. The molecule has 1 saturated heterocycles. The second-order valence-corrected chi connectivity index (χ2v) is 20.7. The van der Waals surface area contributed by atoms with Crippen molar-refractivity contribution in [2.24, 2.45) is 5.92 Å². The summed E-state index contributed by atoms with van der Waals surface area (Å²) in [4.78, 5) is 57.7. The molecule has 0 radical (unpaired) electrons. The summed E-state index contributed by atoms with van der Waals surface area (Å²) < 4.78 is 3.28. The predicted molar refractivity (Wildman–Crippen MR) is 277 cm³/mol. The highest BCUT2D eigenvalue weighted by molar-refractivity contribution is 8.03. The van der Waals surface area contributed by atoms with Gasteiger partial charge in [-0.2, -0.15) is 4.57 Å². The van der Waals surface area contributed by atoms with E-state index >= 15 is 0 Å². The summed E-state index contributed by atoms with van der Waals surface area (Å²) in [7, 11) is 6.70. The number of unbranched alkanes of at least 4 members (excludes halogenated alkanes) is 2. The van der Waals surface area contributed by atoms with Crippen LogP contribution in [0.3, 0.4) is 0 Å². The zero-order valence-electron chi connectivity index (χ0n) is 41.2. The molecule has 16 heteroatoms. The van der Waals surface area contributed by atoms with Crippen LogP contribution in [0.1, 0.15) is 62.5 Å². The van der Waals surface area contributed by atoms with E-state index in [4.69, 9.17) is 0 Å². The number of aryl methyl sites for hydroxylation is 1. The van der Waals surface area contributed by atoms with Crippen LogP contribution in [-0.2, 0) is 32.1 Å². The van der Waals surface area contributed by atoms with Gasteiger partial charge in [-0.25, -0.2) is 0 Å². The van der Waals surface area contributed by atoms with E-state index in [1.807, 2.05) is 45.8 Å². The zero-order chi connectivity index (χ0) is 50.2. The Morgan fingerprint density at radius 2 is 1.47 bits per heavy atom. The molecule has 2 aliphatic rings. The minimum absolute atomic E-state index is 0.0459. The van der Waals surface area contributed by atoms with Gasteiger partial charge in [0.15, 0.2) is 12.7 Å². The Labute approximate surface area is 417 Å². The number of aliphatic carboxylic acids is 3. The molecule has 5 N–H and O–H groups in total. The van der Waals surface area contributed by atoms with E-state index < -0.39 is 17.9 Å². The Bertz CT molecular complexity index is 2460. The monoisotopic (exact) mass is 980 g/mol. The summed E-state index contributed by atoms with van der Waals surface area (Å²) in [5, 5.41) is 44.9. The standard InChI is InChI=1S/C54H71N7O8S/c1-40(62)36-60-30-29-57(38-53(66)67)26-22-42(34-52(64)65)23-27-58(39-54(68)69)37-45(60)33-41-18-20-44(21-19-41)55-50(63)17-6-5-11-31-61(3,4)32-12-25-59-28-24-43(46-13-7-8-14-47(46)59)35-51-56(2)48-15-9-10-16-49(48)70-51/h7-10,13-16,18-21,24,28,35,42,45H,1,5-6,11-12,17,22-23,25-27,29-34,36-39H2,2-4H3,(H3-2,55,62,63,64,65,66,67,68,69)/p+2. The molecule has 2 unspecified atom stereocenters. The number of fused-ring (bicyclic) bond motifs is 2. The first kappa shape index (κ1) is 53.6. The molecule has 3 heterocycles. The number of aromatic nitrogens is 1. The van der Waals surface area contributed by atoms with Crippen molar-refractivity contribution < 1.29 is 48.7 Å². The highest BCUT2D eigenvalue weighted by Gasteiger charge is 2.28. The van der Waals surface area contributed by atoms with Gasteiger partial charge < -0.3 is 35.1 Å². The number of aliphatic hydroxyl groups is 1. The van der Waals surface area contributed by atoms with Crippen LogP contribution in [-0.4, -0.2) is 156 Å². The quantitative estimate of drug-likeness (QED) is 0.0230. The van der Waals surface area contributed by atoms with Gasteiger partial charge in [0, 0.05) is 68.3 Å².